The largest absolute Gasteiger partial charge is 0.454 e. The number of fused-ring (bicyclic) bond motifs is 1. The van der Waals surface area contributed by atoms with Gasteiger partial charge in [0.25, 0.3) is 17.0 Å². The molecule has 0 aliphatic heterocycles. The number of hydrogen-bond acceptors (Lipinski definition) is 8. The average molecular weight is 433 g/mol. The predicted molar refractivity (Wildman–Crippen MR) is 107 cm³/mol. The van der Waals surface area contributed by atoms with Crippen LogP contribution in [0.4, 0.5) is 5.82 Å². The second kappa shape index (κ2) is 7.89. The second-order valence-electron chi connectivity index (χ2n) is 6.73. The number of rotatable bonds is 5. The molecule has 14 nitrogen and oxygen atoms in total. The molecule has 0 unspecified atom stereocenters. The van der Waals surface area contributed by atoms with E-state index >= 15 is 0 Å². The molecule has 0 radical (unpaired) electrons. The number of esters is 1. The molecular weight excluding hydrogens is 414 g/mol. The molecule has 0 aliphatic rings. The van der Waals surface area contributed by atoms with Crippen LogP contribution in [0.2, 0.25) is 0 Å². The summed E-state index contributed by atoms with van der Waals surface area (Å²) in [6.45, 7) is -1.12. The molecule has 164 valence electrons. The van der Waals surface area contributed by atoms with Gasteiger partial charge in [-0.25, -0.2) is 14.6 Å². The zero-order valence-electron chi connectivity index (χ0n) is 17.1. The normalized spacial score (nSPS) is 11.0. The summed E-state index contributed by atoms with van der Waals surface area (Å²) in [6.07, 6.45) is 1.21. The van der Waals surface area contributed by atoms with Crippen LogP contribution >= 0.6 is 0 Å². The van der Waals surface area contributed by atoms with Gasteiger partial charge in [-0.2, -0.15) is 0 Å². The van der Waals surface area contributed by atoms with Crippen LogP contribution in [-0.4, -0.2) is 46.3 Å². The Morgan fingerprint density at radius 3 is 2.29 bits per heavy atom. The number of nitrogens with one attached hydrogen (secondary N) is 1. The average Bonchev–Trinajstić information content (AvgIpc) is 3.15. The van der Waals surface area contributed by atoms with Gasteiger partial charge in [-0.1, -0.05) is 0 Å². The van der Waals surface area contributed by atoms with E-state index in [2.05, 4.69) is 10.3 Å². The van der Waals surface area contributed by atoms with Gasteiger partial charge in [0, 0.05) is 34.3 Å². The molecule has 0 aromatic carbocycles. The van der Waals surface area contributed by atoms with Crippen molar-refractivity contribution in [1.82, 2.24) is 27.8 Å². The van der Waals surface area contributed by atoms with Crippen LogP contribution < -0.4 is 27.8 Å². The van der Waals surface area contributed by atoms with Crippen molar-refractivity contribution in [2.75, 3.05) is 11.9 Å². The summed E-state index contributed by atoms with van der Waals surface area (Å²) in [5.41, 5.74) is -2.31. The topological polar surface area (TPSA) is 161 Å². The summed E-state index contributed by atoms with van der Waals surface area (Å²) in [7, 11) is 5.40. The lowest BCUT2D eigenvalue weighted by Gasteiger charge is -2.11. The van der Waals surface area contributed by atoms with Crippen LogP contribution in [0.1, 0.15) is 0 Å². The number of aromatic nitrogens is 6. The van der Waals surface area contributed by atoms with Crippen molar-refractivity contribution in [3.8, 4) is 0 Å². The molecule has 0 saturated carbocycles. The Labute approximate surface area is 172 Å². The van der Waals surface area contributed by atoms with E-state index in [0.717, 1.165) is 19.8 Å². The van der Waals surface area contributed by atoms with Crippen LogP contribution in [0.25, 0.3) is 11.2 Å². The van der Waals surface area contributed by atoms with Gasteiger partial charge < -0.3 is 14.6 Å². The third-order valence-electron chi connectivity index (χ3n) is 4.67. The van der Waals surface area contributed by atoms with Crippen LogP contribution in [0.3, 0.4) is 0 Å². The minimum Gasteiger partial charge on any atom is -0.454 e. The van der Waals surface area contributed by atoms with Crippen molar-refractivity contribution >= 4 is 28.9 Å². The number of carbonyl (C=O) groups is 2. The van der Waals surface area contributed by atoms with Crippen molar-refractivity contribution in [1.29, 1.82) is 0 Å². The number of carbonyl (C=O) groups excluding carboxylic acids is 2. The molecule has 3 aromatic rings. The maximum Gasteiger partial charge on any atom is 0.332 e. The molecule has 1 N–H and O–H groups in total. The Morgan fingerprint density at radius 2 is 1.61 bits per heavy atom. The molecule has 3 heterocycles. The van der Waals surface area contributed by atoms with E-state index in [4.69, 9.17) is 4.74 Å². The lowest BCUT2D eigenvalue weighted by molar-refractivity contribution is -0.147. The van der Waals surface area contributed by atoms with Gasteiger partial charge in [0.05, 0.1) is 6.33 Å². The summed E-state index contributed by atoms with van der Waals surface area (Å²) in [5.74, 6) is -1.67. The highest BCUT2D eigenvalue weighted by molar-refractivity contribution is 5.92. The summed E-state index contributed by atoms with van der Waals surface area (Å²) < 4.78 is 10.1. The number of anilines is 1. The standard InChI is InChI=1S/C17H19N7O7/c1-20-9(5-11(26)21(2)16(20)29)19-10(25)7-31-12(27)6-24-8-18-14-13(24)15(28)23(4)17(30)22(14)3/h5,8H,6-7H2,1-4H3,(H,19,25). The molecule has 14 heteroatoms. The maximum atomic E-state index is 12.4. The molecule has 3 aromatic heterocycles. The maximum absolute atomic E-state index is 12.4. The van der Waals surface area contributed by atoms with E-state index in [0.29, 0.717) is 0 Å². The molecule has 1 amide bonds. The Kier molecular flexibility index (Phi) is 5.47. The molecule has 31 heavy (non-hydrogen) atoms. The molecule has 0 saturated heterocycles. The first kappa shape index (κ1) is 21.5. The third kappa shape index (κ3) is 3.82. The first-order valence-electron chi connectivity index (χ1n) is 8.86. The van der Waals surface area contributed by atoms with Crippen LogP contribution in [0.5, 0.6) is 0 Å². The fourth-order valence-corrected chi connectivity index (χ4v) is 2.88. The summed E-state index contributed by atoms with van der Waals surface area (Å²) in [6, 6.07) is 1.05. The van der Waals surface area contributed by atoms with Crippen LogP contribution in [0, 0.1) is 0 Å². The van der Waals surface area contributed by atoms with E-state index in [1.54, 1.807) is 0 Å². The zero-order valence-corrected chi connectivity index (χ0v) is 17.1. The molecule has 0 bridgehead atoms. The van der Waals surface area contributed by atoms with E-state index in [9.17, 15) is 28.8 Å². The van der Waals surface area contributed by atoms with Crippen molar-refractivity contribution in [3.63, 3.8) is 0 Å². The number of ether oxygens (including phenoxy) is 1. The second-order valence-corrected chi connectivity index (χ2v) is 6.73. The van der Waals surface area contributed by atoms with Crippen molar-refractivity contribution < 1.29 is 14.3 Å². The van der Waals surface area contributed by atoms with E-state index in [1.165, 1.54) is 43.7 Å². The fourth-order valence-electron chi connectivity index (χ4n) is 2.88. The lowest BCUT2D eigenvalue weighted by Crippen LogP contribution is -2.38. The minimum atomic E-state index is -0.844. The van der Waals surface area contributed by atoms with Crippen molar-refractivity contribution in [2.24, 2.45) is 28.2 Å². The van der Waals surface area contributed by atoms with Gasteiger partial charge in [-0.3, -0.25) is 37.4 Å². The summed E-state index contributed by atoms with van der Waals surface area (Å²) in [4.78, 5) is 76.0. The van der Waals surface area contributed by atoms with Crippen LogP contribution in [0.15, 0.2) is 31.6 Å². The van der Waals surface area contributed by atoms with Gasteiger partial charge in [-0.05, 0) is 0 Å². The zero-order chi connectivity index (χ0) is 23.0. The summed E-state index contributed by atoms with van der Waals surface area (Å²) >= 11 is 0. The molecule has 0 spiro atoms. The van der Waals surface area contributed by atoms with Gasteiger partial charge in [0.2, 0.25) is 0 Å². The number of amides is 1. The van der Waals surface area contributed by atoms with E-state index in [-0.39, 0.29) is 17.0 Å². The Hall–Kier alpha value is -4.23. The van der Waals surface area contributed by atoms with Gasteiger partial charge >= 0.3 is 17.3 Å². The Bertz CT molecular complexity index is 1450. The Morgan fingerprint density at radius 1 is 0.968 bits per heavy atom. The number of nitrogens with zero attached hydrogens (tertiary/aromatic N) is 6. The van der Waals surface area contributed by atoms with Crippen molar-refractivity contribution in [3.05, 3.63) is 54.1 Å². The van der Waals surface area contributed by atoms with Crippen molar-refractivity contribution in [2.45, 2.75) is 6.54 Å². The monoisotopic (exact) mass is 433 g/mol. The molecule has 0 atom stereocenters. The number of hydrogen-bond donors (Lipinski definition) is 1. The third-order valence-corrected chi connectivity index (χ3v) is 4.67. The molecular formula is C17H19N7O7. The minimum absolute atomic E-state index is 0.0288. The Balaban J connectivity index is 1.71. The first-order valence-corrected chi connectivity index (χ1v) is 8.86. The van der Waals surface area contributed by atoms with Gasteiger partial charge in [0.1, 0.15) is 12.4 Å². The highest BCUT2D eigenvalue weighted by atomic mass is 16.5. The van der Waals surface area contributed by atoms with E-state index < -0.39 is 47.5 Å². The highest BCUT2D eigenvalue weighted by Gasteiger charge is 2.17. The smallest absolute Gasteiger partial charge is 0.332 e. The lowest BCUT2D eigenvalue weighted by atomic mass is 10.5. The predicted octanol–water partition coefficient (Wildman–Crippen LogP) is -2.99. The highest BCUT2D eigenvalue weighted by Crippen LogP contribution is 2.06. The first-order chi connectivity index (χ1) is 14.5. The van der Waals surface area contributed by atoms with Crippen LogP contribution in [-0.2, 0) is 49.1 Å². The SMILES string of the molecule is Cn1c(NC(=O)COC(=O)Cn2cnc3c2c(=O)n(C)c(=O)n3C)cc(=O)n(C)c1=O. The number of aryl methyl sites for hydroxylation is 1. The molecule has 0 fully saturated rings. The van der Waals surface area contributed by atoms with E-state index in [1.807, 2.05) is 0 Å². The van der Waals surface area contributed by atoms with Gasteiger partial charge in [-0.15, -0.1) is 0 Å². The fraction of sp³-hybridized carbons (Fsp3) is 0.353. The molecule has 3 rings (SSSR count). The quantitative estimate of drug-likeness (QED) is 0.417. The number of imidazole rings is 1. The van der Waals surface area contributed by atoms with Gasteiger partial charge in [0.15, 0.2) is 17.8 Å². The molecule has 0 aliphatic carbocycles. The summed E-state index contributed by atoms with van der Waals surface area (Å²) in [5, 5.41) is 2.32.